The highest BCUT2D eigenvalue weighted by Crippen LogP contribution is 2.23. The molecule has 5 heteroatoms. The number of aromatic carboxylic acids is 1. The van der Waals surface area contributed by atoms with Crippen molar-refractivity contribution in [2.45, 2.75) is 13.8 Å². The molecule has 0 aliphatic carbocycles. The first-order valence-corrected chi connectivity index (χ1v) is 8.37. The van der Waals surface area contributed by atoms with Crippen LogP contribution in [0.15, 0.2) is 60.7 Å². The van der Waals surface area contributed by atoms with Crippen molar-refractivity contribution < 1.29 is 19.1 Å². The number of carboxylic acids is 1. The highest BCUT2D eigenvalue weighted by molar-refractivity contribution is 6.07. The van der Waals surface area contributed by atoms with Crippen LogP contribution in [-0.2, 0) is 4.79 Å². The zero-order chi connectivity index (χ0) is 19.6. The number of carboxylic acid groups (broad SMARTS) is 1. The Hall–Kier alpha value is -3.47. The van der Waals surface area contributed by atoms with Gasteiger partial charge in [0.1, 0.15) is 11.4 Å². The number of aryl methyl sites for hydroxylation is 1. The summed E-state index contributed by atoms with van der Waals surface area (Å²) in [6.07, 6.45) is 1.37. The van der Waals surface area contributed by atoms with E-state index in [9.17, 15) is 14.0 Å². The molecule has 1 amide bonds. The number of carbonyl (C=O) groups is 2. The third kappa shape index (κ3) is 4.03. The van der Waals surface area contributed by atoms with E-state index in [0.29, 0.717) is 5.57 Å². The topological polar surface area (TPSA) is 66.4 Å². The SMILES string of the molecule is C/C(=C/C(=O)Nc1cccc(F)c1C(=O)O)c1ccc2cc(C)ccc2c1. The van der Waals surface area contributed by atoms with Gasteiger partial charge in [-0.1, -0.05) is 42.0 Å². The van der Waals surface area contributed by atoms with E-state index in [2.05, 4.69) is 11.4 Å². The average molecular weight is 363 g/mol. The van der Waals surface area contributed by atoms with E-state index in [4.69, 9.17) is 5.11 Å². The number of allylic oxidation sites excluding steroid dienone is 1. The van der Waals surface area contributed by atoms with Crippen molar-refractivity contribution in [3.63, 3.8) is 0 Å². The molecular formula is C22H18FNO3. The van der Waals surface area contributed by atoms with Crippen molar-refractivity contribution in [3.8, 4) is 0 Å². The molecule has 136 valence electrons. The fourth-order valence-corrected chi connectivity index (χ4v) is 2.90. The minimum absolute atomic E-state index is 0.0782. The molecule has 27 heavy (non-hydrogen) atoms. The Morgan fingerprint density at radius 3 is 2.48 bits per heavy atom. The zero-order valence-electron chi connectivity index (χ0n) is 14.9. The molecule has 0 unspecified atom stereocenters. The predicted octanol–water partition coefficient (Wildman–Crippen LogP) is 5.03. The summed E-state index contributed by atoms with van der Waals surface area (Å²) in [5.74, 6) is -2.86. The molecule has 0 aliphatic heterocycles. The second-order valence-electron chi connectivity index (χ2n) is 6.35. The first-order chi connectivity index (χ1) is 12.8. The van der Waals surface area contributed by atoms with Gasteiger partial charge >= 0.3 is 5.97 Å². The second kappa shape index (κ2) is 7.41. The van der Waals surface area contributed by atoms with Crippen LogP contribution in [0, 0.1) is 12.7 Å². The lowest BCUT2D eigenvalue weighted by Crippen LogP contribution is -2.13. The summed E-state index contributed by atoms with van der Waals surface area (Å²) in [4.78, 5) is 23.5. The number of halogens is 1. The molecule has 0 bridgehead atoms. The van der Waals surface area contributed by atoms with Gasteiger partial charge in [-0.3, -0.25) is 4.79 Å². The number of fused-ring (bicyclic) bond motifs is 1. The first kappa shape index (κ1) is 18.3. The van der Waals surface area contributed by atoms with E-state index in [1.807, 2.05) is 37.3 Å². The van der Waals surface area contributed by atoms with Crippen LogP contribution in [0.25, 0.3) is 16.3 Å². The molecule has 0 aliphatic rings. The predicted molar refractivity (Wildman–Crippen MR) is 104 cm³/mol. The molecule has 0 saturated carbocycles. The minimum atomic E-state index is -1.44. The lowest BCUT2D eigenvalue weighted by Gasteiger charge is -2.09. The highest BCUT2D eigenvalue weighted by Gasteiger charge is 2.16. The summed E-state index contributed by atoms with van der Waals surface area (Å²) in [5, 5.41) is 13.7. The van der Waals surface area contributed by atoms with Crippen LogP contribution in [-0.4, -0.2) is 17.0 Å². The van der Waals surface area contributed by atoms with E-state index >= 15 is 0 Å². The fourth-order valence-electron chi connectivity index (χ4n) is 2.90. The number of anilines is 1. The Morgan fingerprint density at radius 1 is 1.04 bits per heavy atom. The third-order valence-corrected chi connectivity index (χ3v) is 4.28. The van der Waals surface area contributed by atoms with Crippen molar-refractivity contribution in [2.75, 3.05) is 5.32 Å². The van der Waals surface area contributed by atoms with Crippen molar-refractivity contribution in [2.24, 2.45) is 0 Å². The summed E-state index contributed by atoms with van der Waals surface area (Å²) in [7, 11) is 0. The molecule has 3 rings (SSSR count). The number of amides is 1. The smallest absolute Gasteiger partial charge is 0.340 e. The molecular weight excluding hydrogens is 345 g/mol. The van der Waals surface area contributed by atoms with Crippen molar-refractivity contribution >= 4 is 33.9 Å². The number of benzene rings is 3. The maximum atomic E-state index is 13.7. The van der Waals surface area contributed by atoms with Gasteiger partial charge in [0.05, 0.1) is 5.69 Å². The number of carbonyl (C=O) groups excluding carboxylic acids is 1. The lowest BCUT2D eigenvalue weighted by atomic mass is 10.0. The number of hydrogen-bond acceptors (Lipinski definition) is 2. The summed E-state index contributed by atoms with van der Waals surface area (Å²) >= 11 is 0. The number of nitrogens with one attached hydrogen (secondary N) is 1. The third-order valence-electron chi connectivity index (χ3n) is 4.28. The van der Waals surface area contributed by atoms with Crippen molar-refractivity contribution in [1.29, 1.82) is 0 Å². The van der Waals surface area contributed by atoms with Gasteiger partial charge in [-0.25, -0.2) is 9.18 Å². The Morgan fingerprint density at radius 2 is 1.74 bits per heavy atom. The monoisotopic (exact) mass is 363 g/mol. The molecule has 0 saturated heterocycles. The number of rotatable bonds is 4. The van der Waals surface area contributed by atoms with Gasteiger partial charge in [0.2, 0.25) is 5.91 Å². The average Bonchev–Trinajstić information content (AvgIpc) is 2.60. The molecule has 3 aromatic carbocycles. The lowest BCUT2D eigenvalue weighted by molar-refractivity contribution is -0.111. The normalized spacial score (nSPS) is 11.4. The Labute approximate surface area is 156 Å². The molecule has 0 aromatic heterocycles. The maximum Gasteiger partial charge on any atom is 0.340 e. The summed E-state index contributed by atoms with van der Waals surface area (Å²) in [5.41, 5.74) is 2.12. The Kier molecular flexibility index (Phi) is 5.03. The molecule has 0 fully saturated rings. The Bertz CT molecular complexity index is 1090. The molecule has 0 atom stereocenters. The molecule has 2 N–H and O–H groups in total. The van der Waals surface area contributed by atoms with Crippen LogP contribution in [0.4, 0.5) is 10.1 Å². The van der Waals surface area contributed by atoms with Crippen LogP contribution in [0.3, 0.4) is 0 Å². The van der Waals surface area contributed by atoms with Gasteiger partial charge < -0.3 is 10.4 Å². The minimum Gasteiger partial charge on any atom is -0.478 e. The van der Waals surface area contributed by atoms with Crippen molar-refractivity contribution in [1.82, 2.24) is 0 Å². The van der Waals surface area contributed by atoms with Crippen LogP contribution in [0.1, 0.15) is 28.4 Å². The van der Waals surface area contributed by atoms with Crippen LogP contribution in [0.2, 0.25) is 0 Å². The van der Waals surface area contributed by atoms with E-state index < -0.39 is 23.3 Å². The van der Waals surface area contributed by atoms with Gasteiger partial charge in [0, 0.05) is 6.08 Å². The van der Waals surface area contributed by atoms with E-state index in [1.54, 1.807) is 6.92 Å². The molecule has 0 heterocycles. The van der Waals surface area contributed by atoms with Crippen LogP contribution >= 0.6 is 0 Å². The second-order valence-corrected chi connectivity index (χ2v) is 6.35. The van der Waals surface area contributed by atoms with Gasteiger partial charge in [-0.2, -0.15) is 0 Å². The van der Waals surface area contributed by atoms with Crippen LogP contribution in [0.5, 0.6) is 0 Å². The van der Waals surface area contributed by atoms with E-state index in [1.165, 1.54) is 23.8 Å². The molecule has 4 nitrogen and oxygen atoms in total. The molecule has 0 radical (unpaired) electrons. The summed E-state index contributed by atoms with van der Waals surface area (Å²) in [6.45, 7) is 3.82. The van der Waals surface area contributed by atoms with E-state index in [0.717, 1.165) is 22.4 Å². The molecule has 0 spiro atoms. The standard InChI is InChI=1S/C22H18FNO3/c1-13-6-7-17-12-15(8-9-16(17)10-13)14(2)11-20(25)24-19-5-3-4-18(23)21(19)22(26)27/h3-12H,1-2H3,(H,24,25)(H,26,27)/b14-11-. The maximum absolute atomic E-state index is 13.7. The van der Waals surface area contributed by atoms with Crippen molar-refractivity contribution in [3.05, 3.63) is 83.2 Å². The summed E-state index contributed by atoms with van der Waals surface area (Å²) < 4.78 is 13.7. The van der Waals surface area contributed by atoms with Gasteiger partial charge in [-0.05, 0) is 54.0 Å². The Balaban J connectivity index is 1.86. The largest absolute Gasteiger partial charge is 0.478 e. The summed E-state index contributed by atoms with van der Waals surface area (Å²) in [6, 6.07) is 15.8. The quantitative estimate of drug-likeness (QED) is 0.639. The van der Waals surface area contributed by atoms with Gasteiger partial charge in [0.15, 0.2) is 0 Å². The van der Waals surface area contributed by atoms with Gasteiger partial charge in [-0.15, -0.1) is 0 Å². The fraction of sp³-hybridized carbons (Fsp3) is 0.0909. The van der Waals surface area contributed by atoms with Gasteiger partial charge in [0.25, 0.3) is 0 Å². The first-order valence-electron chi connectivity index (χ1n) is 8.37. The highest BCUT2D eigenvalue weighted by atomic mass is 19.1. The molecule has 3 aromatic rings. The zero-order valence-corrected chi connectivity index (χ0v) is 14.9. The number of hydrogen-bond donors (Lipinski definition) is 2. The van der Waals surface area contributed by atoms with Crippen LogP contribution < -0.4 is 5.32 Å². The van der Waals surface area contributed by atoms with E-state index in [-0.39, 0.29) is 5.69 Å².